The third-order valence-electron chi connectivity index (χ3n) is 5.27. The largest absolute Gasteiger partial charge is 0.328 e. The monoisotopic (exact) mass is 486 g/mol. The van der Waals surface area contributed by atoms with Crippen molar-refractivity contribution in [3.05, 3.63) is 100 Å². The number of hydrogen-bond acceptors (Lipinski definition) is 5. The Morgan fingerprint density at radius 3 is 2.50 bits per heavy atom. The van der Waals surface area contributed by atoms with Crippen molar-refractivity contribution in [2.24, 2.45) is 0 Å². The Labute approximate surface area is 193 Å². The van der Waals surface area contributed by atoms with Gasteiger partial charge in [-0.1, -0.05) is 52.3 Å². The Morgan fingerprint density at radius 1 is 1.03 bits per heavy atom. The Balaban J connectivity index is 1.63. The number of rotatable bonds is 4. The lowest BCUT2D eigenvalue weighted by molar-refractivity contribution is -0.113. The lowest BCUT2D eigenvalue weighted by Crippen LogP contribution is -2.31. The Bertz CT molecular complexity index is 1320. The van der Waals surface area contributed by atoms with Gasteiger partial charge in [-0.25, -0.2) is 4.68 Å². The van der Waals surface area contributed by atoms with Crippen LogP contribution >= 0.6 is 15.9 Å². The van der Waals surface area contributed by atoms with Gasteiger partial charge in [-0.2, -0.15) is 4.98 Å². The normalized spacial score (nSPS) is 15.1. The van der Waals surface area contributed by atoms with Crippen LogP contribution in [0.1, 0.15) is 18.5 Å². The van der Waals surface area contributed by atoms with Crippen LogP contribution in [0.4, 0.5) is 11.6 Å². The molecule has 1 atom stereocenters. The number of para-hydroxylation sites is 1. The van der Waals surface area contributed by atoms with E-state index in [1.54, 1.807) is 17.1 Å². The number of benzene rings is 2. The maximum Gasteiger partial charge on any atom is 0.255 e. The summed E-state index contributed by atoms with van der Waals surface area (Å²) in [4.78, 5) is 22.2. The van der Waals surface area contributed by atoms with E-state index in [-0.39, 0.29) is 5.91 Å². The number of aromatic nitrogens is 4. The number of hydrogen-bond donors (Lipinski definition) is 2. The van der Waals surface area contributed by atoms with Crippen molar-refractivity contribution in [2.45, 2.75) is 13.0 Å². The van der Waals surface area contributed by atoms with Gasteiger partial charge in [0.05, 0.1) is 5.57 Å². The fourth-order valence-corrected chi connectivity index (χ4v) is 4.27. The van der Waals surface area contributed by atoms with E-state index in [1.807, 2.05) is 73.7 Å². The standard InChI is InChI=1S/C24H19BrN6O/c1-15-20(23(32)28-17-7-3-2-4-8-17)21(18-9-5-6-10-19(18)25)31-24(27-15)29-22(30-31)16-11-13-26-14-12-16/h2-14,21H,1H3,(H,28,32)(H,27,29,30). The van der Waals surface area contributed by atoms with Gasteiger partial charge in [0.25, 0.3) is 5.91 Å². The summed E-state index contributed by atoms with van der Waals surface area (Å²) in [6.45, 7) is 1.88. The fourth-order valence-electron chi connectivity index (χ4n) is 3.77. The van der Waals surface area contributed by atoms with E-state index in [0.29, 0.717) is 17.3 Å². The van der Waals surface area contributed by atoms with Gasteiger partial charge in [-0.3, -0.25) is 9.78 Å². The molecule has 2 N–H and O–H groups in total. The Kier molecular flexibility index (Phi) is 5.28. The van der Waals surface area contributed by atoms with Crippen molar-refractivity contribution < 1.29 is 4.79 Å². The minimum absolute atomic E-state index is 0.200. The number of halogens is 1. The second kappa shape index (κ2) is 8.39. The molecule has 1 unspecified atom stereocenters. The quantitative estimate of drug-likeness (QED) is 0.422. The molecule has 0 aliphatic carbocycles. The molecule has 0 bridgehead atoms. The van der Waals surface area contributed by atoms with Crippen LogP contribution in [0.3, 0.4) is 0 Å². The molecule has 0 spiro atoms. The van der Waals surface area contributed by atoms with Gasteiger partial charge in [0.1, 0.15) is 6.04 Å². The van der Waals surface area contributed by atoms with Crippen molar-refractivity contribution in [1.82, 2.24) is 19.7 Å². The molecule has 1 amide bonds. The molecule has 158 valence electrons. The molecule has 32 heavy (non-hydrogen) atoms. The van der Waals surface area contributed by atoms with E-state index in [0.717, 1.165) is 27.0 Å². The van der Waals surface area contributed by atoms with E-state index < -0.39 is 6.04 Å². The first-order valence-electron chi connectivity index (χ1n) is 10.1. The highest BCUT2D eigenvalue weighted by Gasteiger charge is 2.35. The molecule has 7 nitrogen and oxygen atoms in total. The molecule has 8 heteroatoms. The number of allylic oxidation sites excluding steroid dienone is 1. The minimum Gasteiger partial charge on any atom is -0.328 e. The summed E-state index contributed by atoms with van der Waals surface area (Å²) >= 11 is 3.65. The Hall–Kier alpha value is -3.78. The molecule has 3 heterocycles. The zero-order chi connectivity index (χ0) is 22.1. The fraction of sp³-hybridized carbons (Fsp3) is 0.0833. The minimum atomic E-state index is -0.464. The topological polar surface area (TPSA) is 84.7 Å². The second-order valence-electron chi connectivity index (χ2n) is 7.35. The van der Waals surface area contributed by atoms with Gasteiger partial charge in [0.2, 0.25) is 5.95 Å². The van der Waals surface area contributed by atoms with E-state index in [2.05, 4.69) is 36.5 Å². The number of amides is 1. The molecular formula is C24H19BrN6O. The average molecular weight is 487 g/mol. The predicted molar refractivity (Wildman–Crippen MR) is 127 cm³/mol. The maximum absolute atomic E-state index is 13.5. The van der Waals surface area contributed by atoms with Gasteiger partial charge in [-0.05, 0) is 42.8 Å². The molecule has 0 saturated carbocycles. The average Bonchev–Trinajstić information content (AvgIpc) is 3.23. The first-order valence-corrected chi connectivity index (χ1v) is 10.9. The highest BCUT2D eigenvalue weighted by Crippen LogP contribution is 2.39. The molecule has 5 rings (SSSR count). The number of carbonyl (C=O) groups excluding carboxylic acids is 1. The number of nitrogens with zero attached hydrogens (tertiary/aromatic N) is 4. The smallest absolute Gasteiger partial charge is 0.255 e. The second-order valence-corrected chi connectivity index (χ2v) is 8.20. The summed E-state index contributed by atoms with van der Waals surface area (Å²) in [5.74, 6) is 0.935. The molecule has 0 fully saturated rings. The molecule has 0 radical (unpaired) electrons. The van der Waals surface area contributed by atoms with Crippen molar-refractivity contribution in [2.75, 3.05) is 10.6 Å². The summed E-state index contributed by atoms with van der Waals surface area (Å²) in [7, 11) is 0. The summed E-state index contributed by atoms with van der Waals surface area (Å²) in [6.07, 6.45) is 3.41. The summed E-state index contributed by atoms with van der Waals surface area (Å²) in [6, 6.07) is 20.5. The van der Waals surface area contributed by atoms with Crippen LogP contribution in [-0.4, -0.2) is 25.7 Å². The lowest BCUT2D eigenvalue weighted by Gasteiger charge is -2.29. The number of carbonyl (C=O) groups is 1. The number of pyridine rings is 1. The van der Waals surface area contributed by atoms with E-state index in [9.17, 15) is 4.79 Å². The van der Waals surface area contributed by atoms with Crippen molar-refractivity contribution in [3.63, 3.8) is 0 Å². The van der Waals surface area contributed by atoms with Crippen molar-refractivity contribution in [3.8, 4) is 11.4 Å². The third kappa shape index (κ3) is 3.69. The van der Waals surface area contributed by atoms with Crippen LogP contribution in [0.5, 0.6) is 0 Å². The van der Waals surface area contributed by atoms with E-state index in [4.69, 9.17) is 5.10 Å². The Morgan fingerprint density at radius 2 is 1.75 bits per heavy atom. The van der Waals surface area contributed by atoms with Crippen LogP contribution in [-0.2, 0) is 4.79 Å². The zero-order valence-corrected chi connectivity index (χ0v) is 18.7. The zero-order valence-electron chi connectivity index (χ0n) is 17.2. The third-order valence-corrected chi connectivity index (χ3v) is 5.99. The molecule has 1 aliphatic rings. The van der Waals surface area contributed by atoms with Gasteiger partial charge >= 0.3 is 0 Å². The summed E-state index contributed by atoms with van der Waals surface area (Å²) in [5.41, 5.74) is 3.78. The maximum atomic E-state index is 13.5. The predicted octanol–water partition coefficient (Wildman–Crippen LogP) is 5.03. The van der Waals surface area contributed by atoms with Crippen LogP contribution in [0.25, 0.3) is 11.4 Å². The van der Waals surface area contributed by atoms with Gasteiger partial charge in [0, 0.05) is 33.8 Å². The summed E-state index contributed by atoms with van der Waals surface area (Å²) < 4.78 is 2.65. The number of anilines is 2. The van der Waals surface area contributed by atoms with Gasteiger partial charge in [0.15, 0.2) is 5.82 Å². The summed E-state index contributed by atoms with van der Waals surface area (Å²) in [5, 5.41) is 11.0. The van der Waals surface area contributed by atoms with Crippen LogP contribution < -0.4 is 10.6 Å². The van der Waals surface area contributed by atoms with E-state index in [1.165, 1.54) is 0 Å². The van der Waals surface area contributed by atoms with Crippen LogP contribution in [0, 0.1) is 0 Å². The molecule has 2 aromatic carbocycles. The van der Waals surface area contributed by atoms with Gasteiger partial charge in [-0.15, -0.1) is 5.10 Å². The number of fused-ring (bicyclic) bond motifs is 1. The first kappa shape index (κ1) is 20.1. The molecule has 2 aromatic heterocycles. The highest BCUT2D eigenvalue weighted by atomic mass is 79.9. The molecule has 4 aromatic rings. The molecule has 1 aliphatic heterocycles. The molecular weight excluding hydrogens is 468 g/mol. The highest BCUT2D eigenvalue weighted by molar-refractivity contribution is 9.10. The van der Waals surface area contributed by atoms with Crippen molar-refractivity contribution >= 4 is 33.5 Å². The molecule has 0 saturated heterocycles. The van der Waals surface area contributed by atoms with Crippen molar-refractivity contribution in [1.29, 1.82) is 0 Å². The van der Waals surface area contributed by atoms with Crippen LogP contribution in [0.2, 0.25) is 0 Å². The first-order chi connectivity index (χ1) is 15.6. The van der Waals surface area contributed by atoms with Crippen LogP contribution in [0.15, 0.2) is 94.9 Å². The number of nitrogens with one attached hydrogen (secondary N) is 2. The van der Waals surface area contributed by atoms with Gasteiger partial charge < -0.3 is 10.6 Å². The van der Waals surface area contributed by atoms with E-state index >= 15 is 0 Å². The SMILES string of the molecule is CC1=C(C(=O)Nc2ccccc2)C(c2ccccc2Br)n2nc(-c3ccncc3)nc2N1. The lowest BCUT2D eigenvalue weighted by atomic mass is 9.95.